The predicted octanol–water partition coefficient (Wildman–Crippen LogP) is 3.82. The predicted molar refractivity (Wildman–Crippen MR) is 99.0 cm³/mol. The fourth-order valence-corrected chi connectivity index (χ4v) is 3.22. The summed E-state index contributed by atoms with van der Waals surface area (Å²) in [5.74, 6) is 1.80. The Bertz CT molecular complexity index is 831. The lowest BCUT2D eigenvalue weighted by Crippen LogP contribution is -2.37. The summed E-state index contributed by atoms with van der Waals surface area (Å²) in [6.07, 6.45) is 7.45. The molecule has 1 heterocycles. The highest BCUT2D eigenvalue weighted by Gasteiger charge is 2.40. The molecule has 1 unspecified atom stereocenters. The van der Waals surface area contributed by atoms with Gasteiger partial charge in [-0.2, -0.15) is 0 Å². The Morgan fingerprint density at radius 1 is 1.31 bits per heavy atom. The van der Waals surface area contributed by atoms with Crippen molar-refractivity contribution >= 4 is 11.9 Å². The summed E-state index contributed by atoms with van der Waals surface area (Å²) < 4.78 is 22.1. The van der Waals surface area contributed by atoms with Crippen LogP contribution >= 0.6 is 0 Å². The molecule has 0 spiro atoms. The molecule has 1 aromatic rings. The number of hydrogen-bond acceptors (Lipinski definition) is 5. The molecule has 0 saturated carbocycles. The van der Waals surface area contributed by atoms with E-state index < -0.39 is 5.60 Å². The Balaban J connectivity index is 2.05. The molecule has 1 aromatic carbocycles. The number of hydrogen-bond donors (Lipinski definition) is 0. The SMILES string of the molecule is C=CCC1=CC(OC)(/C(C)=C/c2ccc3c(c2)OCO3)C(OC)=CC1=O. The van der Waals surface area contributed by atoms with Crippen LogP contribution < -0.4 is 9.47 Å². The van der Waals surface area contributed by atoms with Crippen molar-refractivity contribution in [3.05, 3.63) is 65.5 Å². The van der Waals surface area contributed by atoms with E-state index in [1.807, 2.05) is 37.3 Å². The number of carbonyl (C=O) groups excluding carboxylic acids is 1. The number of carbonyl (C=O) groups is 1. The minimum absolute atomic E-state index is 0.0923. The van der Waals surface area contributed by atoms with Crippen LogP contribution in [0.15, 0.2) is 59.9 Å². The van der Waals surface area contributed by atoms with Crippen LogP contribution in [0.25, 0.3) is 6.08 Å². The summed E-state index contributed by atoms with van der Waals surface area (Å²) in [5, 5.41) is 0. The molecule has 0 fully saturated rings. The van der Waals surface area contributed by atoms with Gasteiger partial charge < -0.3 is 18.9 Å². The van der Waals surface area contributed by atoms with E-state index in [0.717, 1.165) is 16.9 Å². The molecule has 136 valence electrons. The van der Waals surface area contributed by atoms with Crippen molar-refractivity contribution in [2.45, 2.75) is 18.9 Å². The van der Waals surface area contributed by atoms with Gasteiger partial charge >= 0.3 is 0 Å². The van der Waals surface area contributed by atoms with E-state index >= 15 is 0 Å². The third kappa shape index (κ3) is 3.06. The third-order valence-electron chi connectivity index (χ3n) is 4.59. The average Bonchev–Trinajstić information content (AvgIpc) is 3.11. The van der Waals surface area contributed by atoms with E-state index in [-0.39, 0.29) is 12.6 Å². The van der Waals surface area contributed by atoms with Crippen LogP contribution in [0.1, 0.15) is 18.9 Å². The maximum atomic E-state index is 12.3. The second-order valence-corrected chi connectivity index (χ2v) is 6.12. The number of allylic oxidation sites excluding steroid dienone is 3. The number of fused-ring (bicyclic) bond motifs is 1. The maximum Gasteiger partial charge on any atom is 0.231 e. The summed E-state index contributed by atoms with van der Waals surface area (Å²) in [5.41, 5.74) is 1.49. The van der Waals surface area contributed by atoms with Crippen LogP contribution in [0.4, 0.5) is 0 Å². The first-order valence-corrected chi connectivity index (χ1v) is 8.30. The average molecular weight is 354 g/mol. The smallest absolute Gasteiger partial charge is 0.231 e. The van der Waals surface area contributed by atoms with Crippen molar-refractivity contribution in [3.63, 3.8) is 0 Å². The summed E-state index contributed by atoms with van der Waals surface area (Å²) in [4.78, 5) is 12.3. The van der Waals surface area contributed by atoms with Crippen LogP contribution in [-0.4, -0.2) is 32.4 Å². The van der Waals surface area contributed by atoms with Crippen molar-refractivity contribution in [2.75, 3.05) is 21.0 Å². The van der Waals surface area contributed by atoms with E-state index in [9.17, 15) is 4.79 Å². The molecule has 0 saturated heterocycles. The molecule has 5 nitrogen and oxygen atoms in total. The lowest BCUT2D eigenvalue weighted by atomic mass is 9.82. The molecule has 5 heteroatoms. The number of rotatable bonds is 6. The fourth-order valence-electron chi connectivity index (χ4n) is 3.22. The van der Waals surface area contributed by atoms with Gasteiger partial charge in [-0.1, -0.05) is 18.2 Å². The van der Waals surface area contributed by atoms with Crippen LogP contribution in [0.3, 0.4) is 0 Å². The molecule has 2 aliphatic rings. The van der Waals surface area contributed by atoms with Gasteiger partial charge in [0.2, 0.25) is 6.79 Å². The summed E-state index contributed by atoms with van der Waals surface area (Å²) in [6.45, 7) is 5.90. The lowest BCUT2D eigenvalue weighted by molar-refractivity contribution is -0.112. The molecule has 3 rings (SSSR count). The number of ether oxygens (including phenoxy) is 4. The van der Waals surface area contributed by atoms with Gasteiger partial charge in [-0.05, 0) is 42.7 Å². The van der Waals surface area contributed by atoms with E-state index in [2.05, 4.69) is 6.58 Å². The highest BCUT2D eigenvalue weighted by atomic mass is 16.7. The quantitative estimate of drug-likeness (QED) is 0.727. The van der Waals surface area contributed by atoms with Crippen LogP contribution in [0.2, 0.25) is 0 Å². The molecule has 0 radical (unpaired) electrons. The number of methoxy groups -OCH3 is 2. The zero-order valence-electron chi connectivity index (χ0n) is 15.2. The maximum absolute atomic E-state index is 12.3. The van der Waals surface area contributed by atoms with Gasteiger partial charge in [-0.3, -0.25) is 4.79 Å². The summed E-state index contributed by atoms with van der Waals surface area (Å²) in [6, 6.07) is 5.73. The van der Waals surface area contributed by atoms with Gasteiger partial charge in [0.25, 0.3) is 0 Å². The molecular weight excluding hydrogens is 332 g/mol. The highest BCUT2D eigenvalue weighted by Crippen LogP contribution is 2.39. The first-order valence-electron chi connectivity index (χ1n) is 8.30. The van der Waals surface area contributed by atoms with Crippen LogP contribution in [0.5, 0.6) is 11.5 Å². The first kappa shape index (κ1) is 18.0. The van der Waals surface area contributed by atoms with E-state index in [1.54, 1.807) is 13.2 Å². The van der Waals surface area contributed by atoms with Gasteiger partial charge in [-0.15, -0.1) is 6.58 Å². The minimum Gasteiger partial charge on any atom is -0.497 e. The normalized spacial score (nSPS) is 22.0. The number of ketones is 1. The zero-order valence-corrected chi connectivity index (χ0v) is 15.2. The zero-order chi connectivity index (χ0) is 18.7. The Morgan fingerprint density at radius 3 is 2.77 bits per heavy atom. The van der Waals surface area contributed by atoms with Crippen molar-refractivity contribution in [3.8, 4) is 11.5 Å². The van der Waals surface area contributed by atoms with Crippen molar-refractivity contribution in [2.24, 2.45) is 0 Å². The molecule has 0 bridgehead atoms. The van der Waals surface area contributed by atoms with Crippen molar-refractivity contribution in [1.29, 1.82) is 0 Å². The summed E-state index contributed by atoms with van der Waals surface area (Å²) >= 11 is 0. The molecular formula is C21H22O5. The van der Waals surface area contributed by atoms with E-state index in [4.69, 9.17) is 18.9 Å². The topological polar surface area (TPSA) is 54.0 Å². The Labute approximate surface area is 153 Å². The van der Waals surface area contributed by atoms with Crippen LogP contribution in [0, 0.1) is 0 Å². The third-order valence-corrected chi connectivity index (χ3v) is 4.59. The molecule has 1 aliphatic heterocycles. The second-order valence-electron chi connectivity index (χ2n) is 6.12. The standard InChI is InChI=1S/C21H22O5/c1-5-6-16-12-21(24-4,20(23-3)11-17(16)22)14(2)9-15-7-8-18-19(10-15)26-13-25-18/h5,7-12H,1,6,13H2,2-4H3/b14-9+. The molecule has 0 N–H and O–H groups in total. The highest BCUT2D eigenvalue weighted by molar-refractivity contribution is 6.06. The molecule has 1 atom stereocenters. The number of benzene rings is 1. The largest absolute Gasteiger partial charge is 0.497 e. The van der Waals surface area contributed by atoms with Gasteiger partial charge in [0.05, 0.1) is 7.11 Å². The Morgan fingerprint density at radius 2 is 2.08 bits per heavy atom. The van der Waals surface area contributed by atoms with E-state index in [0.29, 0.717) is 23.5 Å². The monoisotopic (exact) mass is 354 g/mol. The van der Waals surface area contributed by atoms with Crippen LogP contribution in [-0.2, 0) is 14.3 Å². The van der Waals surface area contributed by atoms with Gasteiger partial charge in [0.1, 0.15) is 5.76 Å². The van der Waals surface area contributed by atoms with Gasteiger partial charge in [0.15, 0.2) is 22.9 Å². The van der Waals surface area contributed by atoms with Crippen molar-refractivity contribution < 1.29 is 23.7 Å². The Kier molecular flexibility index (Phi) is 5.00. The molecule has 0 amide bonds. The minimum atomic E-state index is -0.947. The molecule has 0 aromatic heterocycles. The summed E-state index contributed by atoms with van der Waals surface area (Å²) in [7, 11) is 3.13. The molecule has 26 heavy (non-hydrogen) atoms. The first-order chi connectivity index (χ1) is 12.5. The Hall–Kier alpha value is -2.79. The fraction of sp³-hybridized carbons (Fsp3) is 0.286. The second kappa shape index (κ2) is 7.22. The van der Waals surface area contributed by atoms with E-state index in [1.165, 1.54) is 13.2 Å². The molecule has 1 aliphatic carbocycles. The lowest BCUT2D eigenvalue weighted by Gasteiger charge is -2.35. The van der Waals surface area contributed by atoms with Crippen molar-refractivity contribution in [1.82, 2.24) is 0 Å². The van der Waals surface area contributed by atoms with Gasteiger partial charge in [0, 0.05) is 18.8 Å². The van der Waals surface area contributed by atoms with Gasteiger partial charge in [-0.25, -0.2) is 0 Å².